The third-order valence-electron chi connectivity index (χ3n) is 2.71. The largest absolute Gasteiger partial charge is 0.478 e. The Labute approximate surface area is 124 Å². The lowest BCUT2D eigenvalue weighted by atomic mass is 10.1. The van der Waals surface area contributed by atoms with Crippen molar-refractivity contribution >= 4 is 34.9 Å². The van der Waals surface area contributed by atoms with Crippen LogP contribution in [0.3, 0.4) is 0 Å². The van der Waals surface area contributed by atoms with Crippen LogP contribution in [-0.2, 0) is 0 Å². The quantitative estimate of drug-likeness (QED) is 0.760. The second kappa shape index (κ2) is 5.80. The number of nitrogens with two attached hydrogens (primary N) is 1. The van der Waals surface area contributed by atoms with Crippen molar-refractivity contribution in [1.29, 1.82) is 0 Å². The molecule has 21 heavy (non-hydrogen) atoms. The average molecular weight is 309 g/mol. The third kappa shape index (κ3) is 3.11. The number of anilines is 2. The molecule has 7 heteroatoms. The van der Waals surface area contributed by atoms with E-state index in [4.69, 9.17) is 22.4 Å². The second-order valence-electron chi connectivity index (χ2n) is 4.16. The van der Waals surface area contributed by atoms with E-state index in [1.54, 1.807) is 0 Å². The summed E-state index contributed by atoms with van der Waals surface area (Å²) in [6.45, 7) is 0. The molecule has 2 rings (SSSR count). The Morgan fingerprint density at radius 2 is 1.95 bits per heavy atom. The summed E-state index contributed by atoms with van der Waals surface area (Å²) in [5, 5.41) is 11.3. The van der Waals surface area contributed by atoms with Crippen LogP contribution in [0, 0.1) is 5.82 Å². The molecule has 0 fully saturated rings. The number of hydrogen-bond acceptors (Lipinski definition) is 3. The maximum atomic E-state index is 13.7. The number of carbonyl (C=O) groups excluding carboxylic acids is 1. The molecule has 108 valence electrons. The number of hydrogen-bond donors (Lipinski definition) is 3. The standard InChI is InChI=1S/C14H10ClFN2O3/c15-9-2-1-3-10(16)12(9)13(19)18-11-6-7(17)4-5-8(11)14(20)21/h1-6H,17H2,(H,18,19)(H,20,21). The SMILES string of the molecule is Nc1ccc(C(=O)O)c(NC(=O)c2c(F)cccc2Cl)c1. The van der Waals surface area contributed by atoms with E-state index in [0.717, 1.165) is 6.07 Å². The third-order valence-corrected chi connectivity index (χ3v) is 3.03. The molecule has 2 aromatic carbocycles. The first-order valence-corrected chi connectivity index (χ1v) is 6.16. The fourth-order valence-corrected chi connectivity index (χ4v) is 2.00. The van der Waals surface area contributed by atoms with Gasteiger partial charge in [-0.25, -0.2) is 9.18 Å². The van der Waals surface area contributed by atoms with E-state index in [-0.39, 0.29) is 27.5 Å². The summed E-state index contributed by atoms with van der Waals surface area (Å²) in [6.07, 6.45) is 0. The van der Waals surface area contributed by atoms with E-state index in [1.165, 1.54) is 30.3 Å². The van der Waals surface area contributed by atoms with Gasteiger partial charge in [-0.1, -0.05) is 17.7 Å². The number of nitrogens with one attached hydrogen (secondary N) is 1. The monoisotopic (exact) mass is 308 g/mol. The highest BCUT2D eigenvalue weighted by molar-refractivity contribution is 6.34. The van der Waals surface area contributed by atoms with Gasteiger partial charge in [0.25, 0.3) is 5.91 Å². The summed E-state index contributed by atoms with van der Waals surface area (Å²) in [5.41, 5.74) is 5.26. The number of halogens is 2. The first kappa shape index (κ1) is 14.8. The molecule has 0 atom stereocenters. The summed E-state index contributed by atoms with van der Waals surface area (Å²) >= 11 is 5.78. The van der Waals surface area contributed by atoms with Crippen molar-refractivity contribution in [2.75, 3.05) is 11.1 Å². The van der Waals surface area contributed by atoms with Crippen LogP contribution in [0.25, 0.3) is 0 Å². The predicted octanol–water partition coefficient (Wildman–Crippen LogP) is 3.01. The molecule has 0 aliphatic heterocycles. The zero-order chi connectivity index (χ0) is 15.6. The first-order chi connectivity index (χ1) is 9.90. The van der Waals surface area contributed by atoms with Gasteiger partial charge < -0.3 is 16.2 Å². The summed E-state index contributed by atoms with van der Waals surface area (Å²) in [7, 11) is 0. The lowest BCUT2D eigenvalue weighted by Crippen LogP contribution is -2.17. The van der Waals surface area contributed by atoms with Crippen molar-refractivity contribution in [3.05, 3.63) is 58.4 Å². The number of carboxylic acid groups (broad SMARTS) is 1. The Kier molecular flexibility index (Phi) is 4.09. The Balaban J connectivity index is 2.40. The number of amides is 1. The fourth-order valence-electron chi connectivity index (χ4n) is 1.75. The Bertz CT molecular complexity index is 714. The molecule has 0 unspecified atom stereocenters. The van der Waals surface area contributed by atoms with Crippen LogP contribution in [0.15, 0.2) is 36.4 Å². The van der Waals surface area contributed by atoms with E-state index < -0.39 is 17.7 Å². The lowest BCUT2D eigenvalue weighted by Gasteiger charge is -2.10. The molecule has 0 heterocycles. The highest BCUT2D eigenvalue weighted by atomic mass is 35.5. The smallest absolute Gasteiger partial charge is 0.337 e. The average Bonchev–Trinajstić information content (AvgIpc) is 2.38. The number of carbonyl (C=O) groups is 2. The van der Waals surface area contributed by atoms with Gasteiger partial charge in [-0.15, -0.1) is 0 Å². The van der Waals surface area contributed by atoms with Crippen LogP contribution >= 0.6 is 11.6 Å². The molecule has 4 N–H and O–H groups in total. The van der Waals surface area contributed by atoms with Gasteiger partial charge in [-0.2, -0.15) is 0 Å². The molecule has 0 aliphatic rings. The van der Waals surface area contributed by atoms with Crippen LogP contribution in [0.1, 0.15) is 20.7 Å². The Hall–Kier alpha value is -2.60. The predicted molar refractivity (Wildman–Crippen MR) is 77.2 cm³/mol. The van der Waals surface area contributed by atoms with Crippen molar-refractivity contribution in [2.24, 2.45) is 0 Å². The van der Waals surface area contributed by atoms with Gasteiger partial charge in [0.1, 0.15) is 5.82 Å². The van der Waals surface area contributed by atoms with E-state index >= 15 is 0 Å². The topological polar surface area (TPSA) is 92.4 Å². The second-order valence-corrected chi connectivity index (χ2v) is 4.57. The molecule has 0 saturated heterocycles. The van der Waals surface area contributed by atoms with Gasteiger partial charge in [-0.3, -0.25) is 4.79 Å². The number of nitrogen functional groups attached to an aromatic ring is 1. The first-order valence-electron chi connectivity index (χ1n) is 5.78. The molecular formula is C14H10ClFN2O3. The van der Waals surface area contributed by atoms with Crippen molar-refractivity contribution in [2.45, 2.75) is 0 Å². The molecule has 0 spiro atoms. The molecule has 0 radical (unpaired) electrons. The van der Waals surface area contributed by atoms with E-state index in [9.17, 15) is 14.0 Å². The maximum Gasteiger partial charge on any atom is 0.337 e. The molecular weight excluding hydrogens is 299 g/mol. The Morgan fingerprint density at radius 3 is 2.57 bits per heavy atom. The normalized spacial score (nSPS) is 10.2. The van der Waals surface area contributed by atoms with Crippen LogP contribution < -0.4 is 11.1 Å². The molecule has 0 aromatic heterocycles. The Morgan fingerprint density at radius 1 is 1.24 bits per heavy atom. The highest BCUT2D eigenvalue weighted by Gasteiger charge is 2.18. The molecule has 0 bridgehead atoms. The molecule has 5 nitrogen and oxygen atoms in total. The minimum Gasteiger partial charge on any atom is -0.478 e. The molecule has 2 aromatic rings. The summed E-state index contributed by atoms with van der Waals surface area (Å²) in [6, 6.07) is 7.70. The van der Waals surface area contributed by atoms with Gasteiger partial charge in [0.15, 0.2) is 0 Å². The maximum absolute atomic E-state index is 13.7. The van der Waals surface area contributed by atoms with Crippen molar-refractivity contribution in [3.8, 4) is 0 Å². The van der Waals surface area contributed by atoms with Crippen molar-refractivity contribution in [3.63, 3.8) is 0 Å². The van der Waals surface area contributed by atoms with E-state index in [0.29, 0.717) is 0 Å². The van der Waals surface area contributed by atoms with Crippen LogP contribution in [0.2, 0.25) is 5.02 Å². The zero-order valence-electron chi connectivity index (χ0n) is 10.6. The number of carboxylic acids is 1. The summed E-state index contributed by atoms with van der Waals surface area (Å²) in [5.74, 6) is -2.91. The van der Waals surface area contributed by atoms with E-state index in [1.807, 2.05) is 0 Å². The van der Waals surface area contributed by atoms with Gasteiger partial charge in [0.05, 0.1) is 21.8 Å². The van der Waals surface area contributed by atoms with Gasteiger partial charge in [0, 0.05) is 5.69 Å². The van der Waals surface area contributed by atoms with Crippen molar-refractivity contribution < 1.29 is 19.1 Å². The van der Waals surface area contributed by atoms with E-state index in [2.05, 4.69) is 5.32 Å². The fraction of sp³-hybridized carbons (Fsp3) is 0. The minimum atomic E-state index is -1.25. The molecule has 0 aliphatic carbocycles. The van der Waals surface area contributed by atoms with Crippen molar-refractivity contribution in [1.82, 2.24) is 0 Å². The van der Waals surface area contributed by atoms with Gasteiger partial charge >= 0.3 is 5.97 Å². The lowest BCUT2D eigenvalue weighted by molar-refractivity contribution is 0.0698. The zero-order valence-corrected chi connectivity index (χ0v) is 11.3. The van der Waals surface area contributed by atoms with Crippen LogP contribution in [0.5, 0.6) is 0 Å². The van der Waals surface area contributed by atoms with Crippen LogP contribution in [0.4, 0.5) is 15.8 Å². The summed E-state index contributed by atoms with van der Waals surface area (Å²) in [4.78, 5) is 23.2. The minimum absolute atomic E-state index is 0.0354. The summed E-state index contributed by atoms with van der Waals surface area (Å²) < 4.78 is 13.7. The van der Waals surface area contributed by atoms with Crippen LogP contribution in [-0.4, -0.2) is 17.0 Å². The number of rotatable bonds is 3. The number of aromatic carboxylic acids is 1. The van der Waals surface area contributed by atoms with Gasteiger partial charge in [0.2, 0.25) is 0 Å². The highest BCUT2D eigenvalue weighted by Crippen LogP contribution is 2.23. The molecule has 1 amide bonds. The number of benzene rings is 2. The van der Waals surface area contributed by atoms with Gasteiger partial charge in [-0.05, 0) is 30.3 Å². The molecule has 0 saturated carbocycles.